The monoisotopic (exact) mass is 338 g/mol. The average molecular weight is 338 g/mol. The lowest BCUT2D eigenvalue weighted by molar-refractivity contribution is 0.838. The van der Waals surface area contributed by atoms with Crippen LogP contribution in [0.25, 0.3) is 5.57 Å². The molecule has 0 aromatic heterocycles. The Hall–Kier alpha value is -2.82. The van der Waals surface area contributed by atoms with Gasteiger partial charge in [-0.3, -0.25) is 0 Å². The van der Waals surface area contributed by atoms with Crippen molar-refractivity contribution in [2.75, 3.05) is 0 Å². The molecule has 0 atom stereocenters. The predicted molar refractivity (Wildman–Crippen MR) is 112 cm³/mol. The molecule has 0 bridgehead atoms. The van der Waals surface area contributed by atoms with Gasteiger partial charge in [-0.2, -0.15) is 0 Å². The van der Waals surface area contributed by atoms with Gasteiger partial charge in [-0.1, -0.05) is 91.0 Å². The van der Waals surface area contributed by atoms with Crippen molar-refractivity contribution >= 4 is 5.57 Å². The quantitative estimate of drug-likeness (QED) is 0.412. The van der Waals surface area contributed by atoms with Crippen molar-refractivity contribution in [3.05, 3.63) is 119 Å². The Balaban J connectivity index is 1.79. The van der Waals surface area contributed by atoms with E-state index in [-0.39, 0.29) is 0 Å². The molecule has 0 unspecified atom stereocenters. The van der Waals surface area contributed by atoms with Crippen molar-refractivity contribution < 1.29 is 0 Å². The molecule has 0 fully saturated rings. The standard InChI is InChI=1S/C26H26/c1-22(26-15-9-4-10-16-26)21-25(19-17-23-11-5-2-6-12-23)20-18-24-13-7-3-8-14-24/h2-16H,17-20H2,1H3. The molecule has 3 aromatic carbocycles. The second-order valence-electron chi connectivity index (χ2n) is 6.69. The van der Waals surface area contributed by atoms with Crippen molar-refractivity contribution in [1.29, 1.82) is 0 Å². The minimum atomic E-state index is 1.06. The van der Waals surface area contributed by atoms with Gasteiger partial charge in [0.1, 0.15) is 0 Å². The topological polar surface area (TPSA) is 0 Å². The lowest BCUT2D eigenvalue weighted by atomic mass is 9.97. The summed E-state index contributed by atoms with van der Waals surface area (Å²) in [6.45, 7) is 2.17. The van der Waals surface area contributed by atoms with E-state index >= 15 is 0 Å². The zero-order chi connectivity index (χ0) is 18.0. The summed E-state index contributed by atoms with van der Waals surface area (Å²) in [6, 6.07) is 32.0. The average Bonchev–Trinajstić information content (AvgIpc) is 2.72. The second-order valence-corrected chi connectivity index (χ2v) is 6.69. The van der Waals surface area contributed by atoms with E-state index in [1.807, 2.05) is 0 Å². The normalized spacial score (nSPS) is 10.2. The molecular formula is C26H26. The summed E-state index contributed by atoms with van der Waals surface area (Å²) < 4.78 is 0. The second kappa shape index (κ2) is 9.61. The van der Waals surface area contributed by atoms with E-state index in [1.165, 1.54) is 27.8 Å². The highest BCUT2D eigenvalue weighted by Gasteiger charge is 2.02. The Morgan fingerprint density at radius 1 is 0.615 bits per heavy atom. The van der Waals surface area contributed by atoms with Gasteiger partial charge >= 0.3 is 0 Å². The third-order valence-electron chi connectivity index (χ3n) is 4.69. The summed E-state index contributed by atoms with van der Waals surface area (Å²) in [6.07, 6.45) is 4.25. The number of hydrogen-bond acceptors (Lipinski definition) is 0. The summed E-state index contributed by atoms with van der Waals surface area (Å²) in [5, 5.41) is 0. The Morgan fingerprint density at radius 2 is 1.04 bits per heavy atom. The summed E-state index contributed by atoms with van der Waals surface area (Å²) >= 11 is 0. The van der Waals surface area contributed by atoms with E-state index in [2.05, 4.69) is 104 Å². The van der Waals surface area contributed by atoms with Gasteiger partial charge in [-0.15, -0.1) is 5.73 Å². The highest BCUT2D eigenvalue weighted by molar-refractivity contribution is 5.63. The van der Waals surface area contributed by atoms with Crippen LogP contribution in [-0.4, -0.2) is 0 Å². The fraction of sp³-hybridized carbons (Fsp3) is 0.192. The predicted octanol–water partition coefficient (Wildman–Crippen LogP) is 6.88. The molecule has 0 aliphatic rings. The van der Waals surface area contributed by atoms with E-state index in [4.69, 9.17) is 0 Å². The first-order chi connectivity index (χ1) is 12.8. The summed E-state index contributed by atoms with van der Waals surface area (Å²) in [5.41, 5.74) is 10.4. The summed E-state index contributed by atoms with van der Waals surface area (Å²) in [7, 11) is 0. The van der Waals surface area contributed by atoms with Gasteiger partial charge in [-0.05, 0) is 60.4 Å². The fourth-order valence-corrected chi connectivity index (χ4v) is 3.16. The molecule has 0 saturated carbocycles. The van der Waals surface area contributed by atoms with Crippen molar-refractivity contribution in [2.24, 2.45) is 0 Å². The van der Waals surface area contributed by atoms with Gasteiger partial charge in [0.2, 0.25) is 0 Å². The molecule has 0 saturated heterocycles. The van der Waals surface area contributed by atoms with Gasteiger partial charge < -0.3 is 0 Å². The summed E-state index contributed by atoms with van der Waals surface area (Å²) in [5.74, 6) is 0. The lowest BCUT2D eigenvalue weighted by Crippen LogP contribution is -1.93. The van der Waals surface area contributed by atoms with Crippen LogP contribution in [0.3, 0.4) is 0 Å². The molecule has 0 heterocycles. The Kier molecular flexibility index (Phi) is 6.65. The SMILES string of the molecule is CC(=C=C(CCc1ccccc1)CCc1ccccc1)c1ccccc1. The Labute approximate surface area is 157 Å². The largest absolute Gasteiger partial charge is 0.118 e. The highest BCUT2D eigenvalue weighted by atomic mass is 14.1. The highest BCUT2D eigenvalue weighted by Crippen LogP contribution is 2.18. The minimum absolute atomic E-state index is 1.06. The van der Waals surface area contributed by atoms with Gasteiger partial charge in [0.15, 0.2) is 0 Å². The van der Waals surface area contributed by atoms with Crippen molar-refractivity contribution in [1.82, 2.24) is 0 Å². The number of rotatable bonds is 7. The van der Waals surface area contributed by atoms with Crippen LogP contribution >= 0.6 is 0 Å². The van der Waals surface area contributed by atoms with E-state index in [0.29, 0.717) is 0 Å². The first-order valence-electron chi connectivity index (χ1n) is 9.40. The van der Waals surface area contributed by atoms with Crippen molar-refractivity contribution in [2.45, 2.75) is 32.6 Å². The van der Waals surface area contributed by atoms with Gasteiger partial charge in [0, 0.05) is 0 Å². The molecule has 130 valence electrons. The van der Waals surface area contributed by atoms with Crippen LogP contribution in [0.2, 0.25) is 0 Å². The molecule has 0 radical (unpaired) electrons. The number of hydrogen-bond donors (Lipinski definition) is 0. The van der Waals surface area contributed by atoms with Crippen LogP contribution in [0, 0.1) is 0 Å². The molecule has 0 spiro atoms. The van der Waals surface area contributed by atoms with Gasteiger partial charge in [0.05, 0.1) is 0 Å². The number of allylic oxidation sites excluding steroid dienone is 1. The first-order valence-corrected chi connectivity index (χ1v) is 9.40. The first kappa shape index (κ1) is 18.0. The maximum atomic E-state index is 3.71. The van der Waals surface area contributed by atoms with Crippen LogP contribution in [0.15, 0.2) is 102 Å². The van der Waals surface area contributed by atoms with E-state index in [0.717, 1.165) is 25.7 Å². The molecule has 0 nitrogen and oxygen atoms in total. The van der Waals surface area contributed by atoms with Crippen LogP contribution < -0.4 is 0 Å². The molecule has 3 aromatic rings. The third kappa shape index (κ3) is 5.62. The van der Waals surface area contributed by atoms with Gasteiger partial charge in [-0.25, -0.2) is 0 Å². The fourth-order valence-electron chi connectivity index (χ4n) is 3.16. The number of aryl methyl sites for hydroxylation is 2. The molecule has 26 heavy (non-hydrogen) atoms. The molecule has 3 rings (SSSR count). The van der Waals surface area contributed by atoms with Crippen LogP contribution in [-0.2, 0) is 12.8 Å². The Bertz CT molecular complexity index is 806. The van der Waals surface area contributed by atoms with Crippen molar-refractivity contribution in [3.63, 3.8) is 0 Å². The molecule has 0 amide bonds. The molecule has 0 N–H and O–H groups in total. The van der Waals surface area contributed by atoms with Crippen LogP contribution in [0.1, 0.15) is 36.5 Å². The zero-order valence-electron chi connectivity index (χ0n) is 15.5. The molecular weight excluding hydrogens is 312 g/mol. The lowest BCUT2D eigenvalue weighted by Gasteiger charge is -2.07. The van der Waals surface area contributed by atoms with Gasteiger partial charge in [0.25, 0.3) is 0 Å². The smallest absolute Gasteiger partial charge is 0.00195 e. The van der Waals surface area contributed by atoms with E-state index in [1.54, 1.807) is 0 Å². The minimum Gasteiger partial charge on any atom is -0.118 e. The summed E-state index contributed by atoms with van der Waals surface area (Å²) in [4.78, 5) is 0. The van der Waals surface area contributed by atoms with E-state index in [9.17, 15) is 0 Å². The molecule has 0 heteroatoms. The van der Waals surface area contributed by atoms with E-state index < -0.39 is 0 Å². The number of benzene rings is 3. The Morgan fingerprint density at radius 3 is 1.50 bits per heavy atom. The maximum absolute atomic E-state index is 3.71. The molecule has 0 aliphatic heterocycles. The third-order valence-corrected chi connectivity index (χ3v) is 4.69. The van der Waals surface area contributed by atoms with Crippen molar-refractivity contribution in [3.8, 4) is 0 Å². The van der Waals surface area contributed by atoms with Crippen LogP contribution in [0.5, 0.6) is 0 Å². The molecule has 0 aliphatic carbocycles. The zero-order valence-corrected chi connectivity index (χ0v) is 15.5. The van der Waals surface area contributed by atoms with Crippen LogP contribution in [0.4, 0.5) is 0 Å². The maximum Gasteiger partial charge on any atom is -0.00195 e.